The summed E-state index contributed by atoms with van der Waals surface area (Å²) in [5, 5.41) is 3.66. The van der Waals surface area contributed by atoms with Gasteiger partial charge in [0.15, 0.2) is 0 Å². The first kappa shape index (κ1) is 18.3. The van der Waals surface area contributed by atoms with Crippen LogP contribution in [0.15, 0.2) is 30.3 Å². The Morgan fingerprint density at radius 2 is 1.83 bits per heavy atom. The molecule has 2 bridgehead atoms. The van der Waals surface area contributed by atoms with Crippen molar-refractivity contribution in [1.29, 1.82) is 0 Å². The fourth-order valence-electron chi connectivity index (χ4n) is 4.02. The number of fused-ring (bicyclic) bond motifs is 2. The number of anilines is 1. The fourth-order valence-corrected chi connectivity index (χ4v) is 4.02. The number of halogens is 1. The Hall–Kier alpha value is -1.06. The van der Waals surface area contributed by atoms with E-state index >= 15 is 0 Å². The third-order valence-corrected chi connectivity index (χ3v) is 5.14. The molecule has 1 N–H and O–H groups in total. The highest BCUT2D eigenvalue weighted by Gasteiger charge is 2.34. The fraction of sp³-hybridized carbons (Fsp3) is 0.632. The van der Waals surface area contributed by atoms with Crippen LogP contribution >= 0.6 is 12.4 Å². The summed E-state index contributed by atoms with van der Waals surface area (Å²) in [5.74, 6) is 0.880. The highest BCUT2D eigenvalue weighted by Crippen LogP contribution is 2.33. The number of para-hydroxylation sites is 1. The zero-order valence-electron chi connectivity index (χ0n) is 14.0. The van der Waals surface area contributed by atoms with Gasteiger partial charge in [-0.25, -0.2) is 0 Å². The van der Waals surface area contributed by atoms with Crippen LogP contribution in [0.1, 0.15) is 51.9 Å². The second kappa shape index (κ2) is 8.70. The van der Waals surface area contributed by atoms with Crippen molar-refractivity contribution in [1.82, 2.24) is 5.32 Å². The predicted octanol–water partition coefficient (Wildman–Crippen LogP) is 4.16. The number of carbonyl (C=O) groups is 1. The van der Waals surface area contributed by atoms with Crippen LogP contribution < -0.4 is 10.2 Å². The summed E-state index contributed by atoms with van der Waals surface area (Å²) in [6.07, 6.45) is 7.86. The number of nitrogens with one attached hydrogen (secondary N) is 1. The molecule has 4 heteroatoms. The normalized spacial score (nSPS) is 25.7. The molecule has 1 amide bonds. The van der Waals surface area contributed by atoms with E-state index in [2.05, 4.69) is 24.4 Å². The van der Waals surface area contributed by atoms with Crippen LogP contribution in [-0.4, -0.2) is 24.5 Å². The van der Waals surface area contributed by atoms with Crippen molar-refractivity contribution in [2.24, 2.45) is 5.92 Å². The van der Waals surface area contributed by atoms with Crippen LogP contribution in [0.25, 0.3) is 0 Å². The summed E-state index contributed by atoms with van der Waals surface area (Å²) in [6.45, 7) is 3.02. The number of rotatable bonds is 6. The van der Waals surface area contributed by atoms with Gasteiger partial charge in [0.25, 0.3) is 0 Å². The van der Waals surface area contributed by atoms with Gasteiger partial charge in [-0.05, 0) is 50.2 Å². The molecule has 1 aromatic rings. The lowest BCUT2D eigenvalue weighted by Gasteiger charge is -2.31. The van der Waals surface area contributed by atoms with E-state index in [0.29, 0.717) is 30.3 Å². The number of nitrogens with zero attached hydrogens (tertiary/aromatic N) is 1. The second-order valence-electron chi connectivity index (χ2n) is 6.91. The summed E-state index contributed by atoms with van der Waals surface area (Å²) >= 11 is 0. The first-order valence-electron chi connectivity index (χ1n) is 8.87. The molecule has 2 atom stereocenters. The Kier molecular flexibility index (Phi) is 6.91. The van der Waals surface area contributed by atoms with E-state index < -0.39 is 0 Å². The van der Waals surface area contributed by atoms with Crippen LogP contribution in [-0.2, 0) is 4.79 Å². The number of hydrogen-bond acceptors (Lipinski definition) is 2. The molecule has 0 radical (unpaired) electrons. The van der Waals surface area contributed by atoms with Gasteiger partial charge in [-0.2, -0.15) is 0 Å². The van der Waals surface area contributed by atoms with Crippen molar-refractivity contribution in [2.45, 2.75) is 64.0 Å². The van der Waals surface area contributed by atoms with Gasteiger partial charge in [-0.1, -0.05) is 31.5 Å². The number of unbranched alkanes of at least 4 members (excludes halogenated alkanes) is 1. The number of amides is 1. The number of benzene rings is 1. The summed E-state index contributed by atoms with van der Waals surface area (Å²) in [5.41, 5.74) is 1.05. The molecule has 0 aromatic heterocycles. The maximum absolute atomic E-state index is 12.9. The van der Waals surface area contributed by atoms with Gasteiger partial charge < -0.3 is 10.2 Å². The van der Waals surface area contributed by atoms with Gasteiger partial charge in [0.05, 0.1) is 0 Å². The standard InChI is InChI=1S/C19H28N2O.ClH/c1-2-3-11-21(18-7-5-4-6-8-18)19(22)14-15-12-16-9-10-17(13-15)20-16;/h4-8,15-17,20H,2-3,9-14H2,1H3;1H. The summed E-state index contributed by atoms with van der Waals surface area (Å²) in [4.78, 5) is 14.9. The molecule has 2 saturated heterocycles. The molecule has 2 aliphatic rings. The van der Waals surface area contributed by atoms with Crippen molar-refractivity contribution in [3.05, 3.63) is 30.3 Å². The van der Waals surface area contributed by atoms with Crippen molar-refractivity contribution in [2.75, 3.05) is 11.4 Å². The van der Waals surface area contributed by atoms with E-state index in [1.165, 1.54) is 25.7 Å². The van der Waals surface area contributed by atoms with Gasteiger partial charge in [0, 0.05) is 30.7 Å². The molecule has 2 fully saturated rings. The summed E-state index contributed by atoms with van der Waals surface area (Å²) in [6, 6.07) is 11.5. The summed E-state index contributed by atoms with van der Waals surface area (Å²) in [7, 11) is 0. The minimum Gasteiger partial charge on any atom is -0.312 e. The minimum atomic E-state index is 0. The maximum Gasteiger partial charge on any atom is 0.227 e. The molecule has 128 valence electrons. The topological polar surface area (TPSA) is 32.3 Å². The number of carbonyl (C=O) groups excluding carboxylic acids is 1. The largest absolute Gasteiger partial charge is 0.312 e. The highest BCUT2D eigenvalue weighted by atomic mass is 35.5. The highest BCUT2D eigenvalue weighted by molar-refractivity contribution is 5.93. The smallest absolute Gasteiger partial charge is 0.227 e. The molecule has 3 nitrogen and oxygen atoms in total. The molecule has 3 rings (SSSR count). The van der Waals surface area contributed by atoms with Crippen LogP contribution in [0.5, 0.6) is 0 Å². The molecule has 1 aromatic carbocycles. The van der Waals surface area contributed by atoms with Gasteiger partial charge in [0.2, 0.25) is 5.91 Å². The maximum atomic E-state index is 12.9. The molecule has 0 spiro atoms. The lowest BCUT2D eigenvalue weighted by atomic mass is 9.89. The Labute approximate surface area is 146 Å². The van der Waals surface area contributed by atoms with Crippen molar-refractivity contribution in [3.8, 4) is 0 Å². The van der Waals surface area contributed by atoms with E-state index in [1.54, 1.807) is 0 Å². The van der Waals surface area contributed by atoms with Crippen LogP contribution in [0, 0.1) is 5.92 Å². The minimum absolute atomic E-state index is 0. The van der Waals surface area contributed by atoms with Crippen LogP contribution in [0.4, 0.5) is 5.69 Å². The zero-order chi connectivity index (χ0) is 15.4. The quantitative estimate of drug-likeness (QED) is 0.845. The molecular formula is C19H29ClN2O. The molecule has 0 saturated carbocycles. The van der Waals surface area contributed by atoms with Gasteiger partial charge in [-0.3, -0.25) is 4.79 Å². The third kappa shape index (κ3) is 4.71. The van der Waals surface area contributed by atoms with Crippen molar-refractivity contribution in [3.63, 3.8) is 0 Å². The van der Waals surface area contributed by atoms with E-state index in [4.69, 9.17) is 0 Å². The first-order valence-corrected chi connectivity index (χ1v) is 8.87. The summed E-state index contributed by atoms with van der Waals surface area (Å²) < 4.78 is 0. The molecule has 2 unspecified atom stereocenters. The Balaban J connectivity index is 0.00000192. The Morgan fingerprint density at radius 1 is 1.17 bits per heavy atom. The van der Waals surface area contributed by atoms with E-state index in [-0.39, 0.29) is 12.4 Å². The van der Waals surface area contributed by atoms with Gasteiger partial charge >= 0.3 is 0 Å². The first-order chi connectivity index (χ1) is 10.8. The Bertz CT molecular complexity index is 481. The van der Waals surface area contributed by atoms with Crippen LogP contribution in [0.3, 0.4) is 0 Å². The van der Waals surface area contributed by atoms with E-state index in [9.17, 15) is 4.79 Å². The van der Waals surface area contributed by atoms with E-state index in [1.807, 2.05) is 23.1 Å². The number of hydrogen-bond donors (Lipinski definition) is 1. The molecule has 2 aliphatic heterocycles. The van der Waals surface area contributed by atoms with Gasteiger partial charge in [0.1, 0.15) is 0 Å². The lowest BCUT2D eigenvalue weighted by molar-refractivity contribution is -0.119. The third-order valence-electron chi connectivity index (χ3n) is 5.14. The van der Waals surface area contributed by atoms with Crippen LogP contribution in [0.2, 0.25) is 0 Å². The lowest BCUT2D eigenvalue weighted by Crippen LogP contribution is -2.40. The van der Waals surface area contributed by atoms with Gasteiger partial charge in [-0.15, -0.1) is 12.4 Å². The SMILES string of the molecule is CCCCN(C(=O)CC1CC2CCC(C1)N2)c1ccccc1.Cl. The molecule has 23 heavy (non-hydrogen) atoms. The molecule has 2 heterocycles. The van der Waals surface area contributed by atoms with Crippen molar-refractivity contribution >= 4 is 24.0 Å². The van der Waals surface area contributed by atoms with Crippen molar-refractivity contribution < 1.29 is 4.79 Å². The van der Waals surface area contributed by atoms with E-state index in [0.717, 1.165) is 25.1 Å². The average Bonchev–Trinajstić information content (AvgIpc) is 2.87. The monoisotopic (exact) mass is 336 g/mol. The Morgan fingerprint density at radius 3 is 2.43 bits per heavy atom. The molecule has 0 aliphatic carbocycles. The zero-order valence-corrected chi connectivity index (χ0v) is 14.9. The number of piperidine rings is 1. The average molecular weight is 337 g/mol. The predicted molar refractivity (Wildman–Crippen MR) is 98.2 cm³/mol. The second-order valence-corrected chi connectivity index (χ2v) is 6.91. The molecular weight excluding hydrogens is 308 g/mol.